The van der Waals surface area contributed by atoms with Gasteiger partial charge < -0.3 is 24.9 Å². The highest BCUT2D eigenvalue weighted by molar-refractivity contribution is 5.86. The van der Waals surface area contributed by atoms with Crippen LogP contribution >= 0.6 is 0 Å². The molecule has 0 saturated heterocycles. The van der Waals surface area contributed by atoms with Gasteiger partial charge in [0.2, 0.25) is 5.91 Å². The van der Waals surface area contributed by atoms with Crippen LogP contribution in [0.3, 0.4) is 0 Å². The van der Waals surface area contributed by atoms with Gasteiger partial charge >= 0.3 is 12.1 Å². The number of rotatable bonds is 21. The highest BCUT2D eigenvalue weighted by Gasteiger charge is 2.30. The number of amides is 2. The van der Waals surface area contributed by atoms with Crippen LogP contribution in [-0.4, -0.2) is 42.9 Å². The average molecular weight is 519 g/mol. The van der Waals surface area contributed by atoms with Crippen molar-refractivity contribution in [3.8, 4) is 0 Å². The van der Waals surface area contributed by atoms with Crippen LogP contribution in [-0.2, 0) is 30.5 Å². The molecule has 0 saturated carbocycles. The van der Waals surface area contributed by atoms with E-state index in [2.05, 4.69) is 17.6 Å². The van der Waals surface area contributed by atoms with Gasteiger partial charge in [-0.3, -0.25) is 9.59 Å². The van der Waals surface area contributed by atoms with Gasteiger partial charge in [-0.15, -0.1) is 0 Å². The largest absolute Gasteiger partial charge is 0.460 e. The lowest BCUT2D eigenvalue weighted by molar-refractivity contribution is -0.151. The monoisotopic (exact) mass is 518 g/mol. The maximum atomic E-state index is 12.6. The number of unbranched alkanes of at least 4 members (excludes halogenated alkanes) is 10. The number of carbonyl (C=O) groups excluding carboxylic acids is 4. The number of benzene rings is 1. The zero-order chi connectivity index (χ0) is 27.1. The molecule has 0 aliphatic heterocycles. The van der Waals surface area contributed by atoms with E-state index < -0.39 is 30.1 Å². The Morgan fingerprint density at radius 3 is 2.08 bits per heavy atom. The predicted molar refractivity (Wildman–Crippen MR) is 144 cm³/mol. The first kappa shape index (κ1) is 32.1. The number of alkyl carbamates (subject to hydrolysis) is 1. The molecule has 2 unspecified atom stereocenters. The Labute approximate surface area is 222 Å². The summed E-state index contributed by atoms with van der Waals surface area (Å²) < 4.78 is 10.7. The third-order valence-corrected chi connectivity index (χ3v) is 6.10. The van der Waals surface area contributed by atoms with Gasteiger partial charge in [-0.25, -0.2) is 4.79 Å². The topological polar surface area (TPSA) is 111 Å². The van der Waals surface area contributed by atoms with Crippen LogP contribution in [0.4, 0.5) is 4.79 Å². The quantitative estimate of drug-likeness (QED) is 0.124. The first-order chi connectivity index (χ1) is 18.0. The number of aldehydes is 1. The summed E-state index contributed by atoms with van der Waals surface area (Å²) in [5, 5.41) is 5.07. The smallest absolute Gasteiger partial charge is 0.408 e. The van der Waals surface area contributed by atoms with E-state index in [9.17, 15) is 19.2 Å². The molecule has 8 nitrogen and oxygen atoms in total. The summed E-state index contributed by atoms with van der Waals surface area (Å²) in [6.45, 7) is 3.95. The molecular formula is C29H46N2O6. The van der Waals surface area contributed by atoms with Crippen LogP contribution in [0.15, 0.2) is 30.3 Å². The lowest BCUT2D eigenvalue weighted by Crippen LogP contribution is -2.53. The summed E-state index contributed by atoms with van der Waals surface area (Å²) in [4.78, 5) is 47.9. The molecule has 0 aliphatic carbocycles. The fraction of sp³-hybridized carbons (Fsp3) is 0.655. The number of hydrogen-bond donors (Lipinski definition) is 2. The second-order valence-electron chi connectivity index (χ2n) is 9.41. The van der Waals surface area contributed by atoms with Crippen LogP contribution in [0, 0.1) is 0 Å². The molecule has 0 fully saturated rings. The standard InChI is InChI=1S/C29H46N2O6/c1-3-4-5-6-7-8-9-10-11-12-16-20-26(33)37-24(2)27(28(34)30-21-17-22-32)31-29(35)36-23-25-18-14-13-15-19-25/h13-15,18-19,22,24,27H,3-12,16-17,20-21,23H2,1-2H3,(H,30,34)(H,31,35). The summed E-state index contributed by atoms with van der Waals surface area (Å²) in [6, 6.07) is 8.01. The van der Waals surface area contributed by atoms with E-state index in [-0.39, 0.29) is 26.0 Å². The molecule has 2 atom stereocenters. The molecule has 0 radical (unpaired) electrons. The fourth-order valence-corrected chi connectivity index (χ4v) is 3.92. The van der Waals surface area contributed by atoms with Gasteiger partial charge in [-0.2, -0.15) is 0 Å². The van der Waals surface area contributed by atoms with Crippen LogP contribution < -0.4 is 10.6 Å². The molecule has 37 heavy (non-hydrogen) atoms. The van der Waals surface area contributed by atoms with E-state index in [1.54, 1.807) is 6.92 Å². The van der Waals surface area contributed by atoms with Crippen molar-refractivity contribution in [2.75, 3.05) is 6.54 Å². The number of nitrogens with one attached hydrogen (secondary N) is 2. The number of carbonyl (C=O) groups is 4. The van der Waals surface area contributed by atoms with Gasteiger partial charge in [-0.05, 0) is 18.9 Å². The zero-order valence-corrected chi connectivity index (χ0v) is 22.7. The van der Waals surface area contributed by atoms with Crippen molar-refractivity contribution in [1.82, 2.24) is 10.6 Å². The van der Waals surface area contributed by atoms with E-state index >= 15 is 0 Å². The summed E-state index contributed by atoms with van der Waals surface area (Å²) in [6.07, 6.45) is 12.4. The van der Waals surface area contributed by atoms with Gasteiger partial charge in [0.15, 0.2) is 0 Å². The molecule has 0 aromatic heterocycles. The fourth-order valence-electron chi connectivity index (χ4n) is 3.92. The molecule has 1 rings (SSSR count). The van der Waals surface area contributed by atoms with Gasteiger partial charge in [0, 0.05) is 19.4 Å². The summed E-state index contributed by atoms with van der Waals surface area (Å²) in [5.74, 6) is -0.956. The van der Waals surface area contributed by atoms with E-state index in [4.69, 9.17) is 9.47 Å². The second kappa shape index (κ2) is 21.2. The number of esters is 1. The van der Waals surface area contributed by atoms with Crippen LogP contribution in [0.5, 0.6) is 0 Å². The molecule has 0 bridgehead atoms. The lowest BCUT2D eigenvalue weighted by atomic mass is 10.1. The summed E-state index contributed by atoms with van der Waals surface area (Å²) in [7, 11) is 0. The maximum absolute atomic E-state index is 12.6. The summed E-state index contributed by atoms with van der Waals surface area (Å²) in [5.41, 5.74) is 0.802. The van der Waals surface area contributed by atoms with Crippen molar-refractivity contribution >= 4 is 24.3 Å². The highest BCUT2D eigenvalue weighted by atomic mass is 16.6. The van der Waals surface area contributed by atoms with Crippen molar-refractivity contribution in [3.05, 3.63) is 35.9 Å². The van der Waals surface area contributed by atoms with Crippen molar-refractivity contribution < 1.29 is 28.7 Å². The van der Waals surface area contributed by atoms with Crippen LogP contribution in [0.1, 0.15) is 103 Å². The first-order valence-electron chi connectivity index (χ1n) is 13.9. The van der Waals surface area contributed by atoms with E-state index in [1.165, 1.54) is 51.4 Å². The van der Waals surface area contributed by atoms with Crippen molar-refractivity contribution in [3.63, 3.8) is 0 Å². The molecule has 0 heterocycles. The minimum atomic E-state index is -1.14. The molecule has 0 spiro atoms. The minimum Gasteiger partial charge on any atom is -0.460 e. The molecule has 208 valence electrons. The molecule has 1 aromatic rings. The van der Waals surface area contributed by atoms with Crippen LogP contribution in [0.2, 0.25) is 0 Å². The Kier molecular flexibility index (Phi) is 18.4. The number of ether oxygens (including phenoxy) is 2. The van der Waals surface area contributed by atoms with Gasteiger partial charge in [0.05, 0.1) is 0 Å². The number of hydrogen-bond acceptors (Lipinski definition) is 6. The van der Waals surface area contributed by atoms with E-state index in [1.807, 2.05) is 30.3 Å². The van der Waals surface area contributed by atoms with Crippen LogP contribution in [0.25, 0.3) is 0 Å². The van der Waals surface area contributed by atoms with Crippen molar-refractivity contribution in [1.29, 1.82) is 0 Å². The Balaban J connectivity index is 2.38. The normalized spacial score (nSPS) is 12.3. The molecular weight excluding hydrogens is 472 g/mol. The molecule has 8 heteroatoms. The first-order valence-corrected chi connectivity index (χ1v) is 13.9. The Morgan fingerprint density at radius 1 is 0.892 bits per heavy atom. The van der Waals surface area contributed by atoms with Crippen molar-refractivity contribution in [2.24, 2.45) is 0 Å². The van der Waals surface area contributed by atoms with E-state index in [0.717, 1.165) is 24.8 Å². The van der Waals surface area contributed by atoms with Gasteiger partial charge in [0.1, 0.15) is 25.0 Å². The third-order valence-electron chi connectivity index (χ3n) is 6.10. The zero-order valence-electron chi connectivity index (χ0n) is 22.7. The molecule has 0 aliphatic rings. The Hall–Kier alpha value is -2.90. The third kappa shape index (κ3) is 16.5. The lowest BCUT2D eigenvalue weighted by Gasteiger charge is -2.24. The summed E-state index contributed by atoms with van der Waals surface area (Å²) >= 11 is 0. The molecule has 2 amide bonds. The average Bonchev–Trinajstić information content (AvgIpc) is 2.89. The Bertz CT molecular complexity index is 771. The second-order valence-corrected chi connectivity index (χ2v) is 9.41. The predicted octanol–water partition coefficient (Wildman–Crippen LogP) is 5.62. The van der Waals surface area contributed by atoms with Gasteiger partial charge in [-0.1, -0.05) is 101 Å². The molecule has 1 aromatic carbocycles. The Morgan fingerprint density at radius 2 is 1.49 bits per heavy atom. The SMILES string of the molecule is CCCCCCCCCCCCCC(=O)OC(C)C(NC(=O)OCc1ccccc1)C(=O)NCCC=O. The van der Waals surface area contributed by atoms with Crippen molar-refractivity contribution in [2.45, 2.75) is 116 Å². The van der Waals surface area contributed by atoms with Gasteiger partial charge in [0.25, 0.3) is 0 Å². The molecule has 2 N–H and O–H groups in total. The maximum Gasteiger partial charge on any atom is 0.408 e. The van der Waals surface area contributed by atoms with E-state index in [0.29, 0.717) is 6.29 Å². The minimum absolute atomic E-state index is 0.0409. The highest BCUT2D eigenvalue weighted by Crippen LogP contribution is 2.13.